The normalized spacial score (nSPS) is 23.6. The first-order valence-corrected chi connectivity index (χ1v) is 7.16. The van der Waals surface area contributed by atoms with Crippen molar-refractivity contribution in [1.29, 1.82) is 0 Å². The van der Waals surface area contributed by atoms with Gasteiger partial charge in [-0.15, -0.1) is 6.58 Å². The maximum atomic E-state index is 12.2. The zero-order valence-corrected chi connectivity index (χ0v) is 12.3. The summed E-state index contributed by atoms with van der Waals surface area (Å²) in [5.74, 6) is -0.675. The number of carbonyl (C=O) groups excluding carboxylic acids is 2. The van der Waals surface area contributed by atoms with Crippen LogP contribution in [0.2, 0.25) is 0 Å². The summed E-state index contributed by atoms with van der Waals surface area (Å²) in [4.78, 5) is 28.5. The number of ether oxygens (including phenoxy) is 1. The summed E-state index contributed by atoms with van der Waals surface area (Å²) in [6, 6.07) is 0. The van der Waals surface area contributed by atoms with Crippen LogP contribution in [0.15, 0.2) is 17.8 Å². The highest BCUT2D eigenvalue weighted by Crippen LogP contribution is 2.40. The third-order valence-electron chi connectivity index (χ3n) is 3.44. The molecule has 0 bridgehead atoms. The standard InChI is InChI=1S/C15H23NO4/c1-4-8-13(17)20-16-12-9-7-11-15(12,10-5-2)14(18)19-6-3/h5H,2,4,6-11H2,1,3H3/b16-12-/t15-/m0/s1. The summed E-state index contributed by atoms with van der Waals surface area (Å²) < 4.78 is 5.16. The lowest BCUT2D eigenvalue weighted by Gasteiger charge is -2.25. The fraction of sp³-hybridized carbons (Fsp3) is 0.667. The quantitative estimate of drug-likeness (QED) is 0.311. The second kappa shape index (κ2) is 7.82. The number of hydrogen-bond acceptors (Lipinski definition) is 5. The molecule has 1 fully saturated rings. The van der Waals surface area contributed by atoms with Crippen molar-refractivity contribution < 1.29 is 19.2 Å². The monoisotopic (exact) mass is 281 g/mol. The van der Waals surface area contributed by atoms with Gasteiger partial charge in [0, 0.05) is 6.42 Å². The van der Waals surface area contributed by atoms with Crippen LogP contribution in [0.1, 0.15) is 52.4 Å². The van der Waals surface area contributed by atoms with Gasteiger partial charge in [-0.3, -0.25) is 4.79 Å². The Morgan fingerprint density at radius 2 is 2.20 bits per heavy atom. The van der Waals surface area contributed by atoms with Crippen LogP contribution < -0.4 is 0 Å². The molecule has 0 N–H and O–H groups in total. The molecule has 1 aliphatic rings. The maximum absolute atomic E-state index is 12.2. The molecule has 5 heteroatoms. The Kier molecular flexibility index (Phi) is 6.42. The van der Waals surface area contributed by atoms with E-state index in [1.165, 1.54) is 0 Å². The topological polar surface area (TPSA) is 65.0 Å². The third-order valence-corrected chi connectivity index (χ3v) is 3.44. The number of nitrogens with zero attached hydrogens (tertiary/aromatic N) is 1. The van der Waals surface area contributed by atoms with Crippen molar-refractivity contribution in [1.82, 2.24) is 0 Å². The molecular formula is C15H23NO4. The number of allylic oxidation sites excluding steroid dienone is 1. The van der Waals surface area contributed by atoms with E-state index in [1.54, 1.807) is 13.0 Å². The van der Waals surface area contributed by atoms with Crippen LogP contribution >= 0.6 is 0 Å². The molecule has 1 saturated carbocycles. The number of oxime groups is 1. The second-order valence-electron chi connectivity index (χ2n) is 4.90. The van der Waals surface area contributed by atoms with Gasteiger partial charge in [-0.1, -0.05) is 18.2 Å². The molecule has 0 aromatic heterocycles. The van der Waals surface area contributed by atoms with Crippen molar-refractivity contribution in [2.24, 2.45) is 10.6 Å². The number of rotatable bonds is 7. The molecule has 0 heterocycles. The van der Waals surface area contributed by atoms with Crippen LogP contribution in [0.5, 0.6) is 0 Å². The zero-order chi connectivity index (χ0) is 15.0. The Labute approximate surface area is 120 Å². The Hall–Kier alpha value is -1.65. The first kappa shape index (κ1) is 16.4. The van der Waals surface area contributed by atoms with Crippen LogP contribution in [0.4, 0.5) is 0 Å². The van der Waals surface area contributed by atoms with E-state index in [9.17, 15) is 9.59 Å². The molecule has 0 amide bonds. The van der Waals surface area contributed by atoms with Gasteiger partial charge >= 0.3 is 11.9 Å². The molecule has 0 aromatic rings. The van der Waals surface area contributed by atoms with Gasteiger partial charge < -0.3 is 9.57 Å². The van der Waals surface area contributed by atoms with E-state index >= 15 is 0 Å². The predicted octanol–water partition coefficient (Wildman–Crippen LogP) is 3.00. The molecule has 0 unspecified atom stereocenters. The fourth-order valence-corrected chi connectivity index (χ4v) is 2.47. The smallest absolute Gasteiger partial charge is 0.334 e. The first-order chi connectivity index (χ1) is 9.60. The van der Waals surface area contributed by atoms with Crippen molar-refractivity contribution in [2.45, 2.75) is 52.4 Å². The molecule has 20 heavy (non-hydrogen) atoms. The van der Waals surface area contributed by atoms with Crippen LogP contribution in [0.25, 0.3) is 0 Å². The summed E-state index contributed by atoms with van der Waals surface area (Å²) in [5, 5.41) is 3.94. The van der Waals surface area contributed by atoms with E-state index in [-0.39, 0.29) is 11.9 Å². The molecule has 0 radical (unpaired) electrons. The molecule has 1 atom stereocenters. The van der Waals surface area contributed by atoms with E-state index in [0.717, 1.165) is 6.42 Å². The number of carbonyl (C=O) groups is 2. The van der Waals surface area contributed by atoms with E-state index in [4.69, 9.17) is 9.57 Å². The van der Waals surface area contributed by atoms with Gasteiger partial charge in [0.1, 0.15) is 5.41 Å². The van der Waals surface area contributed by atoms with Crippen LogP contribution in [-0.4, -0.2) is 24.3 Å². The molecule has 0 saturated heterocycles. The Balaban J connectivity index is 2.91. The average Bonchev–Trinajstić information content (AvgIpc) is 2.82. The fourth-order valence-electron chi connectivity index (χ4n) is 2.47. The van der Waals surface area contributed by atoms with Gasteiger partial charge in [-0.25, -0.2) is 4.79 Å². The van der Waals surface area contributed by atoms with Gasteiger partial charge in [-0.05, 0) is 39.0 Å². The van der Waals surface area contributed by atoms with Crippen molar-refractivity contribution in [2.75, 3.05) is 6.61 Å². The third kappa shape index (κ3) is 3.68. The lowest BCUT2D eigenvalue weighted by Crippen LogP contribution is -2.37. The molecule has 1 aliphatic carbocycles. The summed E-state index contributed by atoms with van der Waals surface area (Å²) in [7, 11) is 0. The van der Waals surface area contributed by atoms with E-state index < -0.39 is 5.41 Å². The SMILES string of the molecule is C=CC[C@]1(C(=O)OCC)CCC/C1=N/OC(=O)CCC. The molecule has 5 nitrogen and oxygen atoms in total. The van der Waals surface area contributed by atoms with E-state index in [2.05, 4.69) is 11.7 Å². The highest BCUT2D eigenvalue weighted by atomic mass is 16.7. The summed E-state index contributed by atoms with van der Waals surface area (Å²) in [6.45, 7) is 7.68. The second-order valence-corrected chi connectivity index (χ2v) is 4.90. The Morgan fingerprint density at radius 1 is 1.45 bits per heavy atom. The highest BCUT2D eigenvalue weighted by molar-refractivity contribution is 6.08. The van der Waals surface area contributed by atoms with E-state index in [0.29, 0.717) is 44.4 Å². The van der Waals surface area contributed by atoms with E-state index in [1.807, 2.05) is 6.92 Å². The summed E-state index contributed by atoms with van der Waals surface area (Å²) in [5.41, 5.74) is -0.204. The number of hydrogen-bond donors (Lipinski definition) is 0. The maximum Gasteiger partial charge on any atom is 0.334 e. The van der Waals surface area contributed by atoms with Gasteiger partial charge in [-0.2, -0.15) is 0 Å². The zero-order valence-electron chi connectivity index (χ0n) is 12.3. The average molecular weight is 281 g/mol. The Morgan fingerprint density at radius 3 is 2.80 bits per heavy atom. The van der Waals surface area contributed by atoms with Gasteiger partial charge in [0.2, 0.25) is 0 Å². The van der Waals surface area contributed by atoms with Crippen molar-refractivity contribution in [3.63, 3.8) is 0 Å². The molecule has 1 rings (SSSR count). The molecular weight excluding hydrogens is 258 g/mol. The largest absolute Gasteiger partial charge is 0.465 e. The van der Waals surface area contributed by atoms with Crippen LogP contribution in [-0.2, 0) is 19.2 Å². The minimum absolute atomic E-state index is 0.303. The molecule has 0 spiro atoms. The molecule has 0 aliphatic heterocycles. The summed E-state index contributed by atoms with van der Waals surface area (Å²) in [6.07, 6.45) is 5.30. The Bertz CT molecular complexity index is 403. The minimum atomic E-state index is -0.801. The van der Waals surface area contributed by atoms with Crippen molar-refractivity contribution in [3.05, 3.63) is 12.7 Å². The van der Waals surface area contributed by atoms with Gasteiger partial charge in [0.25, 0.3) is 0 Å². The van der Waals surface area contributed by atoms with Gasteiger partial charge in [0.15, 0.2) is 0 Å². The predicted molar refractivity (Wildman–Crippen MR) is 76.2 cm³/mol. The number of esters is 1. The lowest BCUT2D eigenvalue weighted by molar-refractivity contribution is -0.151. The lowest BCUT2D eigenvalue weighted by atomic mass is 9.81. The molecule has 112 valence electrons. The summed E-state index contributed by atoms with van der Waals surface area (Å²) >= 11 is 0. The van der Waals surface area contributed by atoms with Crippen molar-refractivity contribution >= 4 is 17.7 Å². The molecule has 0 aromatic carbocycles. The van der Waals surface area contributed by atoms with Gasteiger partial charge in [0.05, 0.1) is 12.3 Å². The highest BCUT2D eigenvalue weighted by Gasteiger charge is 2.47. The van der Waals surface area contributed by atoms with Crippen molar-refractivity contribution in [3.8, 4) is 0 Å². The first-order valence-electron chi connectivity index (χ1n) is 7.16. The van der Waals surface area contributed by atoms with Crippen LogP contribution in [0.3, 0.4) is 0 Å². The minimum Gasteiger partial charge on any atom is -0.465 e. The van der Waals surface area contributed by atoms with Crippen LogP contribution in [0, 0.1) is 5.41 Å².